The van der Waals surface area contributed by atoms with Crippen LogP contribution < -0.4 is 16.8 Å². The summed E-state index contributed by atoms with van der Waals surface area (Å²) < 4.78 is 29.6. The second-order valence-electron chi connectivity index (χ2n) is 8.46. The third kappa shape index (κ3) is 5.32. The molecule has 2 aliphatic heterocycles. The van der Waals surface area contributed by atoms with E-state index in [1.165, 1.54) is 18.2 Å². The molecule has 2 heterocycles. The fourth-order valence-electron chi connectivity index (χ4n) is 4.24. The lowest BCUT2D eigenvalue weighted by atomic mass is 9.97. The molecule has 10 heteroatoms. The Morgan fingerprint density at radius 2 is 1.34 bits per heavy atom. The van der Waals surface area contributed by atoms with Crippen molar-refractivity contribution in [2.45, 2.75) is 12.8 Å². The van der Waals surface area contributed by atoms with E-state index in [0.717, 1.165) is 11.1 Å². The molecule has 4 rings (SSSR count). The van der Waals surface area contributed by atoms with Crippen molar-refractivity contribution in [3.05, 3.63) is 76.9 Å². The average molecular weight is 480 g/mol. The number of rotatable bonds is 4. The molecule has 0 spiro atoms. The zero-order valence-electron chi connectivity index (χ0n) is 19.1. The van der Waals surface area contributed by atoms with Gasteiger partial charge in [0.05, 0.1) is 0 Å². The van der Waals surface area contributed by atoms with Gasteiger partial charge >= 0.3 is 0 Å². The van der Waals surface area contributed by atoms with E-state index < -0.39 is 17.5 Å². The normalized spacial score (nSPS) is 15.8. The highest BCUT2D eigenvalue weighted by molar-refractivity contribution is 6.04. The van der Waals surface area contributed by atoms with Gasteiger partial charge in [-0.1, -0.05) is 18.2 Å². The van der Waals surface area contributed by atoms with Crippen LogP contribution in [0.3, 0.4) is 0 Å². The van der Waals surface area contributed by atoms with Crippen molar-refractivity contribution in [1.82, 2.24) is 9.80 Å². The first kappa shape index (κ1) is 23.9. The van der Waals surface area contributed by atoms with Gasteiger partial charge in [0, 0.05) is 48.6 Å². The first-order chi connectivity index (χ1) is 16.7. The molecule has 0 unspecified atom stereocenters. The molecule has 1 amide bonds. The number of nitrogens with two attached hydrogens (primary N) is 2. The zero-order valence-corrected chi connectivity index (χ0v) is 19.1. The predicted molar refractivity (Wildman–Crippen MR) is 133 cm³/mol. The molecular formula is C25H27F2N7O. The van der Waals surface area contributed by atoms with E-state index >= 15 is 0 Å². The summed E-state index contributed by atoms with van der Waals surface area (Å²) in [5.74, 6) is -1.58. The van der Waals surface area contributed by atoms with Gasteiger partial charge in [-0.2, -0.15) is 0 Å². The van der Waals surface area contributed by atoms with Crippen molar-refractivity contribution in [3.8, 4) is 0 Å². The van der Waals surface area contributed by atoms with E-state index in [9.17, 15) is 13.6 Å². The van der Waals surface area contributed by atoms with Crippen LogP contribution in [0.4, 0.5) is 14.5 Å². The summed E-state index contributed by atoms with van der Waals surface area (Å²) in [4.78, 5) is 16.0. The molecule has 0 saturated carbocycles. The highest BCUT2D eigenvalue weighted by Crippen LogP contribution is 2.28. The van der Waals surface area contributed by atoms with Crippen LogP contribution in [-0.4, -0.2) is 53.8 Å². The van der Waals surface area contributed by atoms with Gasteiger partial charge in [0.25, 0.3) is 5.91 Å². The number of anilines is 1. The summed E-state index contributed by atoms with van der Waals surface area (Å²) in [7, 11) is 0. The number of carbonyl (C=O) groups is 1. The minimum Gasteiger partial charge on any atom is -0.370 e. The number of hydrogen-bond acceptors (Lipinski definition) is 3. The summed E-state index contributed by atoms with van der Waals surface area (Å²) in [6.45, 7) is 1.93. The van der Waals surface area contributed by atoms with Crippen LogP contribution in [0.25, 0.3) is 11.1 Å². The van der Waals surface area contributed by atoms with E-state index in [1.807, 2.05) is 12.2 Å². The van der Waals surface area contributed by atoms with Crippen molar-refractivity contribution in [3.63, 3.8) is 0 Å². The Labute approximate surface area is 201 Å². The maximum atomic E-state index is 14.8. The van der Waals surface area contributed by atoms with Gasteiger partial charge in [-0.05, 0) is 54.3 Å². The smallest absolute Gasteiger partial charge is 0.255 e. The number of hydrogen-bond donors (Lipinski definition) is 5. The van der Waals surface area contributed by atoms with Crippen LogP contribution in [-0.2, 0) is 0 Å². The molecule has 0 fully saturated rings. The molecule has 0 radical (unpaired) electrons. The minimum atomic E-state index is -0.544. The largest absolute Gasteiger partial charge is 0.370 e. The molecule has 2 aromatic carbocycles. The lowest BCUT2D eigenvalue weighted by molar-refractivity contribution is 0.102. The molecule has 0 aromatic heterocycles. The lowest BCUT2D eigenvalue weighted by Gasteiger charge is -2.26. The second-order valence-corrected chi connectivity index (χ2v) is 8.46. The van der Waals surface area contributed by atoms with Crippen molar-refractivity contribution in [2.75, 3.05) is 31.5 Å². The van der Waals surface area contributed by atoms with Crippen LogP contribution in [0.15, 0.2) is 48.6 Å². The second kappa shape index (κ2) is 9.96. The highest BCUT2D eigenvalue weighted by Gasteiger charge is 2.19. The first-order valence-corrected chi connectivity index (χ1v) is 11.2. The maximum absolute atomic E-state index is 14.8. The molecular weight excluding hydrogens is 452 g/mol. The minimum absolute atomic E-state index is 0.0154. The topological polar surface area (TPSA) is 135 Å². The number of guanidine groups is 2. The molecule has 0 saturated heterocycles. The molecule has 2 aliphatic rings. The molecule has 0 atom stereocenters. The van der Waals surface area contributed by atoms with Crippen LogP contribution in [0.5, 0.6) is 0 Å². The number of halogens is 2. The monoisotopic (exact) mass is 479 g/mol. The third-order valence-electron chi connectivity index (χ3n) is 6.25. The zero-order chi connectivity index (χ0) is 25.1. The number of amides is 1. The summed E-state index contributed by atoms with van der Waals surface area (Å²) in [6, 6.07) is 8.70. The predicted octanol–water partition coefficient (Wildman–Crippen LogP) is 3.18. The van der Waals surface area contributed by atoms with E-state index in [-0.39, 0.29) is 23.2 Å². The quantitative estimate of drug-likeness (QED) is 0.339. The van der Waals surface area contributed by atoms with Gasteiger partial charge in [0.1, 0.15) is 11.6 Å². The molecule has 8 nitrogen and oxygen atoms in total. The Hall–Kier alpha value is -4.21. The van der Waals surface area contributed by atoms with Crippen molar-refractivity contribution < 1.29 is 13.6 Å². The van der Waals surface area contributed by atoms with E-state index in [4.69, 9.17) is 22.3 Å². The van der Waals surface area contributed by atoms with Gasteiger partial charge in [0.15, 0.2) is 11.9 Å². The summed E-state index contributed by atoms with van der Waals surface area (Å²) in [5, 5.41) is 17.6. The number of benzene rings is 2. The van der Waals surface area contributed by atoms with Gasteiger partial charge in [-0.25, -0.2) is 8.78 Å². The van der Waals surface area contributed by atoms with Gasteiger partial charge < -0.3 is 26.6 Å². The van der Waals surface area contributed by atoms with Gasteiger partial charge in [0.2, 0.25) is 0 Å². The average Bonchev–Trinajstić information content (AvgIpc) is 2.84. The van der Waals surface area contributed by atoms with E-state index in [0.29, 0.717) is 50.1 Å². The number of carbonyl (C=O) groups excluding carboxylic acids is 1. The van der Waals surface area contributed by atoms with E-state index in [1.54, 1.807) is 28.0 Å². The third-order valence-corrected chi connectivity index (χ3v) is 6.25. The highest BCUT2D eigenvalue weighted by atomic mass is 19.1. The Balaban J connectivity index is 1.44. The number of nitrogens with zero attached hydrogens (tertiary/aromatic N) is 2. The Kier molecular flexibility index (Phi) is 6.81. The van der Waals surface area contributed by atoms with E-state index in [2.05, 4.69) is 5.32 Å². The Bertz CT molecular complexity index is 1250. The van der Waals surface area contributed by atoms with Crippen LogP contribution in [0.1, 0.15) is 34.3 Å². The van der Waals surface area contributed by atoms with Gasteiger partial charge in [-0.3, -0.25) is 15.6 Å². The van der Waals surface area contributed by atoms with Crippen LogP contribution >= 0.6 is 0 Å². The molecule has 182 valence electrons. The molecule has 0 aliphatic carbocycles. The van der Waals surface area contributed by atoms with Crippen LogP contribution in [0, 0.1) is 22.5 Å². The Morgan fingerprint density at radius 3 is 1.77 bits per heavy atom. The Morgan fingerprint density at radius 1 is 0.829 bits per heavy atom. The lowest BCUT2D eigenvalue weighted by Crippen LogP contribution is -2.39. The molecule has 0 bridgehead atoms. The van der Waals surface area contributed by atoms with Crippen LogP contribution in [0.2, 0.25) is 0 Å². The van der Waals surface area contributed by atoms with Crippen molar-refractivity contribution in [2.24, 2.45) is 11.5 Å². The SMILES string of the molecule is N=C(N)N1CC=C(c2ccc(NC(=O)c3ccc(C4=CCN(C(=N)N)CC4)c(F)c3)cc2F)CC1. The van der Waals surface area contributed by atoms with Gasteiger partial charge in [-0.15, -0.1) is 0 Å². The molecule has 35 heavy (non-hydrogen) atoms. The molecule has 7 N–H and O–H groups in total. The summed E-state index contributed by atoms with van der Waals surface area (Å²) in [6.07, 6.45) is 4.76. The maximum Gasteiger partial charge on any atom is 0.255 e. The molecule has 2 aromatic rings. The number of nitrogens with one attached hydrogen (secondary N) is 3. The first-order valence-electron chi connectivity index (χ1n) is 11.2. The van der Waals surface area contributed by atoms with Crippen molar-refractivity contribution in [1.29, 1.82) is 10.8 Å². The summed E-state index contributed by atoms with van der Waals surface area (Å²) in [5.41, 5.74) is 13.8. The fourth-order valence-corrected chi connectivity index (χ4v) is 4.24. The fraction of sp³-hybridized carbons (Fsp3) is 0.240. The van der Waals surface area contributed by atoms with Crippen molar-refractivity contribution >= 4 is 34.7 Å². The summed E-state index contributed by atoms with van der Waals surface area (Å²) >= 11 is 0. The standard InChI is InChI=1S/C25H27F2N7O/c26-21-13-17(1-3-19(21)15-5-9-33(10-6-15)24(28)29)23(35)32-18-2-4-20(22(27)14-18)16-7-11-34(12-8-16)25(30)31/h1-5,7,13-14H,6,8-12H2,(H3,28,29)(H3,30,31)(H,32,35).